The molecule has 0 saturated heterocycles. The maximum Gasteiger partial charge on any atom is 0.310 e. The highest BCUT2D eigenvalue weighted by Crippen LogP contribution is 2.24. The molecule has 0 aliphatic rings. The fraction of sp³-hybridized carbons (Fsp3) is 0.364. The van der Waals surface area contributed by atoms with Gasteiger partial charge in [-0.2, -0.15) is 19.2 Å². The second-order valence-corrected chi connectivity index (χ2v) is 9.58. The number of amides is 1. The van der Waals surface area contributed by atoms with Crippen molar-refractivity contribution in [3.8, 4) is 0 Å². The van der Waals surface area contributed by atoms with Crippen molar-refractivity contribution in [2.45, 2.75) is 33.6 Å². The molecule has 0 fully saturated rings. The van der Waals surface area contributed by atoms with Crippen molar-refractivity contribution in [1.82, 2.24) is 34.5 Å². The standard InChI is InChI=1S/C11H15BrN6O.C11H13BrN4O2/c1-6-7(4-9(19)15-3-2-13)10(14)18-11(17-6)8(12)5-16-18;1-3-18-9(17)4-7-6(2)15-11-8(12)5-14-16(11)10(7)13/h5H,2-4,13-14H2,1H3,(H,15,19);5H,3-4,13H2,1-2H3. The predicted octanol–water partition coefficient (Wildman–Crippen LogP) is 1.49. The van der Waals surface area contributed by atoms with Gasteiger partial charge in [0.25, 0.3) is 0 Å². The zero-order chi connectivity index (χ0) is 27.3. The first-order chi connectivity index (χ1) is 17.6. The summed E-state index contributed by atoms with van der Waals surface area (Å²) in [6, 6.07) is 0. The van der Waals surface area contributed by atoms with Gasteiger partial charge in [-0.15, -0.1) is 0 Å². The van der Waals surface area contributed by atoms with Crippen molar-refractivity contribution in [2.24, 2.45) is 5.73 Å². The molecule has 0 spiro atoms. The van der Waals surface area contributed by atoms with Gasteiger partial charge in [0, 0.05) is 35.6 Å². The van der Waals surface area contributed by atoms with E-state index in [4.69, 9.17) is 21.9 Å². The van der Waals surface area contributed by atoms with Crippen LogP contribution in [0.3, 0.4) is 0 Å². The Balaban J connectivity index is 0.000000206. The minimum Gasteiger partial charge on any atom is -0.466 e. The molecule has 4 heterocycles. The van der Waals surface area contributed by atoms with E-state index in [1.165, 1.54) is 9.03 Å². The van der Waals surface area contributed by atoms with E-state index in [0.29, 0.717) is 65.1 Å². The minimum atomic E-state index is -0.320. The molecule has 4 aromatic heterocycles. The monoisotopic (exact) mass is 638 g/mol. The van der Waals surface area contributed by atoms with Crippen LogP contribution in [0.25, 0.3) is 11.3 Å². The molecular weight excluding hydrogens is 612 g/mol. The topological polar surface area (TPSA) is 194 Å². The summed E-state index contributed by atoms with van der Waals surface area (Å²) in [5.74, 6) is 0.389. The molecule has 4 rings (SSSR count). The summed E-state index contributed by atoms with van der Waals surface area (Å²) < 4.78 is 9.46. The van der Waals surface area contributed by atoms with Crippen LogP contribution in [-0.2, 0) is 27.2 Å². The van der Waals surface area contributed by atoms with Gasteiger partial charge < -0.3 is 27.3 Å². The van der Waals surface area contributed by atoms with Gasteiger partial charge in [-0.05, 0) is 52.6 Å². The number of hydrogen-bond donors (Lipinski definition) is 4. The van der Waals surface area contributed by atoms with E-state index in [0.717, 1.165) is 8.95 Å². The normalized spacial score (nSPS) is 10.9. The van der Waals surface area contributed by atoms with E-state index < -0.39 is 0 Å². The van der Waals surface area contributed by atoms with Crippen molar-refractivity contribution in [2.75, 3.05) is 31.2 Å². The second kappa shape index (κ2) is 12.3. The number of anilines is 2. The SMILES string of the molecule is CCOC(=O)Cc1c(C)nc2c(Br)cnn2c1N.Cc1nc2c(Br)cnn2c(N)c1CC(=O)NCCN. The van der Waals surface area contributed by atoms with Gasteiger partial charge in [0.05, 0.1) is 40.8 Å². The van der Waals surface area contributed by atoms with Gasteiger partial charge in [-0.1, -0.05) is 0 Å². The van der Waals surface area contributed by atoms with Gasteiger partial charge >= 0.3 is 5.97 Å². The number of nitrogens with two attached hydrogens (primary N) is 3. The molecule has 0 saturated carbocycles. The zero-order valence-corrected chi connectivity index (χ0v) is 23.8. The molecule has 0 aromatic carbocycles. The Morgan fingerprint density at radius 2 is 1.43 bits per heavy atom. The molecule has 37 heavy (non-hydrogen) atoms. The lowest BCUT2D eigenvalue weighted by Crippen LogP contribution is -2.31. The summed E-state index contributed by atoms with van der Waals surface area (Å²) in [6.45, 7) is 6.59. The maximum atomic E-state index is 11.7. The summed E-state index contributed by atoms with van der Waals surface area (Å²) >= 11 is 6.69. The Hall–Kier alpha value is -3.30. The van der Waals surface area contributed by atoms with Crippen molar-refractivity contribution < 1.29 is 14.3 Å². The van der Waals surface area contributed by atoms with Crippen LogP contribution in [0, 0.1) is 13.8 Å². The average molecular weight is 640 g/mol. The first kappa shape index (κ1) is 28.3. The summed E-state index contributed by atoms with van der Waals surface area (Å²) in [5, 5.41) is 10.9. The van der Waals surface area contributed by atoms with E-state index in [1.54, 1.807) is 19.3 Å². The molecule has 0 aliphatic heterocycles. The number of nitrogens with zero attached hydrogens (tertiary/aromatic N) is 6. The van der Waals surface area contributed by atoms with Crippen molar-refractivity contribution in [3.63, 3.8) is 0 Å². The second-order valence-electron chi connectivity index (χ2n) is 7.88. The molecule has 198 valence electrons. The lowest BCUT2D eigenvalue weighted by atomic mass is 10.1. The molecule has 15 heteroatoms. The molecule has 1 amide bonds. The number of halogens is 2. The van der Waals surface area contributed by atoms with Gasteiger partial charge in [0.2, 0.25) is 5.91 Å². The molecule has 0 unspecified atom stereocenters. The molecule has 13 nitrogen and oxygen atoms in total. The number of esters is 1. The van der Waals surface area contributed by atoms with Gasteiger partial charge in [-0.25, -0.2) is 9.97 Å². The number of hydrogen-bond acceptors (Lipinski definition) is 10. The number of nitrogen functional groups attached to an aromatic ring is 2. The van der Waals surface area contributed by atoms with Crippen molar-refractivity contribution >= 4 is 66.7 Å². The van der Waals surface area contributed by atoms with Crippen LogP contribution in [0.15, 0.2) is 21.3 Å². The van der Waals surface area contributed by atoms with Crippen LogP contribution in [0.2, 0.25) is 0 Å². The van der Waals surface area contributed by atoms with Crippen LogP contribution in [0.1, 0.15) is 29.4 Å². The van der Waals surface area contributed by atoms with Gasteiger partial charge in [0.1, 0.15) is 11.6 Å². The van der Waals surface area contributed by atoms with Gasteiger partial charge in [-0.3, -0.25) is 9.59 Å². The lowest BCUT2D eigenvalue weighted by molar-refractivity contribution is -0.142. The summed E-state index contributed by atoms with van der Waals surface area (Å²) in [6.07, 6.45) is 3.51. The van der Waals surface area contributed by atoms with E-state index in [1.807, 2.05) is 13.8 Å². The van der Waals surface area contributed by atoms with Crippen molar-refractivity contribution in [1.29, 1.82) is 0 Å². The Labute approximate surface area is 229 Å². The van der Waals surface area contributed by atoms with E-state index in [-0.39, 0.29) is 24.7 Å². The lowest BCUT2D eigenvalue weighted by Gasteiger charge is -2.10. The molecule has 0 bridgehead atoms. The number of ether oxygens (including phenoxy) is 1. The third-order valence-electron chi connectivity index (χ3n) is 5.33. The molecule has 0 atom stereocenters. The fourth-order valence-corrected chi connectivity index (χ4v) is 4.20. The van der Waals surface area contributed by atoms with Crippen LogP contribution in [-0.4, -0.2) is 60.8 Å². The molecule has 7 N–H and O–H groups in total. The average Bonchev–Trinajstić information content (AvgIpc) is 3.41. The zero-order valence-electron chi connectivity index (χ0n) is 20.6. The van der Waals surface area contributed by atoms with Crippen LogP contribution >= 0.6 is 31.9 Å². The Morgan fingerprint density at radius 3 is 1.89 bits per heavy atom. The third kappa shape index (κ3) is 6.34. The third-order valence-corrected chi connectivity index (χ3v) is 6.45. The molecule has 0 aliphatic carbocycles. The van der Waals surface area contributed by atoms with Gasteiger partial charge in [0.15, 0.2) is 11.3 Å². The smallest absolute Gasteiger partial charge is 0.310 e. The van der Waals surface area contributed by atoms with E-state index in [9.17, 15) is 9.59 Å². The Bertz CT molecular complexity index is 1450. The summed E-state index contributed by atoms with van der Waals surface area (Å²) in [7, 11) is 0. The minimum absolute atomic E-state index is 0.103. The predicted molar refractivity (Wildman–Crippen MR) is 146 cm³/mol. The van der Waals surface area contributed by atoms with Crippen LogP contribution in [0.4, 0.5) is 11.6 Å². The fourth-order valence-electron chi connectivity index (χ4n) is 3.51. The number of nitrogens with one attached hydrogen (secondary N) is 1. The number of carbonyl (C=O) groups is 2. The first-order valence-corrected chi connectivity index (χ1v) is 12.9. The molecule has 4 aromatic rings. The Kier molecular flexibility index (Phi) is 9.39. The molecular formula is C22H28Br2N10O3. The number of aryl methyl sites for hydroxylation is 2. The highest BCUT2D eigenvalue weighted by molar-refractivity contribution is 9.11. The largest absolute Gasteiger partial charge is 0.466 e. The highest BCUT2D eigenvalue weighted by atomic mass is 79.9. The number of carbonyl (C=O) groups excluding carboxylic acids is 2. The van der Waals surface area contributed by atoms with Crippen molar-refractivity contribution in [3.05, 3.63) is 43.9 Å². The first-order valence-electron chi connectivity index (χ1n) is 11.3. The highest BCUT2D eigenvalue weighted by Gasteiger charge is 2.17. The quantitative estimate of drug-likeness (QED) is 0.215. The van der Waals surface area contributed by atoms with E-state index >= 15 is 0 Å². The van der Waals surface area contributed by atoms with E-state index in [2.05, 4.69) is 57.3 Å². The number of fused-ring (bicyclic) bond motifs is 2. The maximum absolute atomic E-state index is 11.7. The number of rotatable bonds is 7. The van der Waals surface area contributed by atoms with Crippen LogP contribution < -0.4 is 22.5 Å². The Morgan fingerprint density at radius 1 is 0.946 bits per heavy atom. The molecule has 0 radical (unpaired) electrons. The summed E-state index contributed by atoms with van der Waals surface area (Å²) in [4.78, 5) is 32.0. The number of aromatic nitrogens is 6. The van der Waals surface area contributed by atoms with Crippen LogP contribution in [0.5, 0.6) is 0 Å². The summed E-state index contributed by atoms with van der Waals surface area (Å²) in [5.41, 5.74) is 21.4.